The fourth-order valence-electron chi connectivity index (χ4n) is 3.78. The summed E-state index contributed by atoms with van der Waals surface area (Å²) in [6.07, 6.45) is 4.67. The van der Waals surface area contributed by atoms with E-state index < -0.39 is 8.32 Å². The first-order valence-corrected chi connectivity index (χ1v) is 10.0. The maximum atomic E-state index is 6.56. The number of hydrogen-bond donors (Lipinski definition) is 0. The van der Waals surface area contributed by atoms with E-state index >= 15 is 0 Å². The van der Waals surface area contributed by atoms with E-state index in [9.17, 15) is 0 Å². The maximum absolute atomic E-state index is 6.56. The van der Waals surface area contributed by atoms with Crippen molar-refractivity contribution in [2.45, 2.75) is 72.2 Å². The van der Waals surface area contributed by atoms with E-state index in [1.165, 1.54) is 25.3 Å². The molecule has 3 unspecified atom stereocenters. The summed E-state index contributed by atoms with van der Waals surface area (Å²) in [5, 5.41) is 0. The zero-order valence-electron chi connectivity index (χ0n) is 11.9. The second-order valence-corrected chi connectivity index (χ2v) is 11.8. The van der Waals surface area contributed by atoms with Gasteiger partial charge in [0.25, 0.3) is 0 Å². The van der Waals surface area contributed by atoms with Crippen LogP contribution < -0.4 is 0 Å². The first-order chi connectivity index (χ1) is 7.23. The molecule has 2 heteroatoms. The van der Waals surface area contributed by atoms with E-state index in [-0.39, 0.29) is 0 Å². The lowest BCUT2D eigenvalue weighted by atomic mass is 9.70. The Kier molecular flexibility index (Phi) is 2.83. The molecule has 3 atom stereocenters. The monoisotopic (exact) mass is 240 g/mol. The van der Waals surface area contributed by atoms with Crippen LogP contribution in [0.3, 0.4) is 0 Å². The third-order valence-corrected chi connectivity index (χ3v) is 8.65. The molecule has 2 saturated carbocycles. The molecule has 0 heterocycles. The number of fused-ring (bicyclic) bond motifs is 2. The van der Waals surface area contributed by atoms with Gasteiger partial charge in [-0.15, -0.1) is 0 Å². The Balaban J connectivity index is 2.16. The Labute approximate surface area is 102 Å². The molecule has 94 valence electrons. The second-order valence-electron chi connectivity index (χ2n) is 7.33. The normalized spacial score (nSPS) is 41.6. The van der Waals surface area contributed by atoms with Crippen LogP contribution >= 0.6 is 0 Å². The average molecular weight is 240 g/mol. The van der Waals surface area contributed by atoms with E-state index in [0.717, 1.165) is 5.92 Å². The quantitative estimate of drug-likeness (QED) is 0.663. The Bertz CT molecular complexity index is 284. The van der Waals surface area contributed by atoms with Crippen LogP contribution in [0.2, 0.25) is 19.1 Å². The first-order valence-electron chi connectivity index (χ1n) is 6.91. The van der Waals surface area contributed by atoms with Crippen LogP contribution in [0, 0.1) is 16.7 Å². The summed E-state index contributed by atoms with van der Waals surface area (Å²) in [7, 11) is -1.39. The van der Waals surface area contributed by atoms with Crippen LogP contribution in [0.4, 0.5) is 0 Å². The zero-order valence-corrected chi connectivity index (χ0v) is 12.9. The molecule has 0 saturated heterocycles. The zero-order chi connectivity index (χ0) is 12.2. The first kappa shape index (κ1) is 12.6. The summed E-state index contributed by atoms with van der Waals surface area (Å²) in [4.78, 5) is 0. The molecule has 0 aromatic rings. The summed E-state index contributed by atoms with van der Waals surface area (Å²) >= 11 is 0. The molecule has 0 N–H and O–H groups in total. The lowest BCUT2D eigenvalue weighted by Gasteiger charge is -2.42. The lowest BCUT2D eigenvalue weighted by Crippen LogP contribution is -2.43. The van der Waals surface area contributed by atoms with Crippen molar-refractivity contribution >= 4 is 8.32 Å². The van der Waals surface area contributed by atoms with Crippen molar-refractivity contribution in [1.29, 1.82) is 0 Å². The molecule has 0 amide bonds. The van der Waals surface area contributed by atoms with Crippen LogP contribution in [0.5, 0.6) is 0 Å². The lowest BCUT2D eigenvalue weighted by molar-refractivity contribution is 0.0243. The molecular weight excluding hydrogens is 212 g/mol. The molecule has 2 aliphatic carbocycles. The van der Waals surface area contributed by atoms with Gasteiger partial charge < -0.3 is 4.43 Å². The molecule has 2 fully saturated rings. The Hall–Kier alpha value is 0.177. The van der Waals surface area contributed by atoms with Gasteiger partial charge in [0.1, 0.15) is 0 Å². The molecule has 2 aliphatic rings. The Morgan fingerprint density at radius 3 is 2.25 bits per heavy atom. The summed E-state index contributed by atoms with van der Waals surface area (Å²) in [6.45, 7) is 14.4. The minimum Gasteiger partial charge on any atom is -0.414 e. The van der Waals surface area contributed by atoms with Gasteiger partial charge in [-0.05, 0) is 55.1 Å². The molecule has 0 radical (unpaired) electrons. The van der Waals surface area contributed by atoms with Crippen LogP contribution in [-0.4, -0.2) is 14.4 Å². The van der Waals surface area contributed by atoms with E-state index in [4.69, 9.17) is 4.43 Å². The number of hydrogen-bond acceptors (Lipinski definition) is 1. The highest BCUT2D eigenvalue weighted by molar-refractivity contribution is 6.71. The third kappa shape index (κ3) is 1.60. The molecule has 0 aliphatic heterocycles. The Morgan fingerprint density at radius 1 is 1.25 bits per heavy atom. The molecular formula is C14H28OSi. The van der Waals surface area contributed by atoms with Gasteiger partial charge in [0.15, 0.2) is 8.32 Å². The highest BCUT2D eigenvalue weighted by Crippen LogP contribution is 2.66. The highest BCUT2D eigenvalue weighted by atomic mass is 28.4. The predicted octanol–water partition coefficient (Wildman–Crippen LogP) is 4.44. The minimum absolute atomic E-state index is 0.442. The van der Waals surface area contributed by atoms with Crippen molar-refractivity contribution in [2.24, 2.45) is 16.7 Å². The van der Waals surface area contributed by atoms with Crippen molar-refractivity contribution in [1.82, 2.24) is 0 Å². The summed E-state index contributed by atoms with van der Waals surface area (Å²) in [5.41, 5.74) is 0.937. The van der Waals surface area contributed by atoms with Gasteiger partial charge in [0, 0.05) is 0 Å². The minimum atomic E-state index is -1.39. The molecule has 0 aromatic heterocycles. The van der Waals surface area contributed by atoms with E-state index in [2.05, 4.69) is 40.8 Å². The summed E-state index contributed by atoms with van der Waals surface area (Å²) in [5.74, 6) is 0.907. The molecule has 0 aromatic carbocycles. The van der Waals surface area contributed by atoms with Crippen molar-refractivity contribution in [2.75, 3.05) is 0 Å². The van der Waals surface area contributed by atoms with E-state index in [1.807, 2.05) is 0 Å². The number of rotatable bonds is 3. The van der Waals surface area contributed by atoms with Gasteiger partial charge in [-0.3, -0.25) is 0 Å². The molecule has 2 bridgehead atoms. The summed E-state index contributed by atoms with van der Waals surface area (Å²) in [6, 6.07) is 1.24. The SMILES string of the molecule is CC[Si](C)(C)OC1CC2CCC1(C)C2(C)C. The van der Waals surface area contributed by atoms with Crippen molar-refractivity contribution in [3.05, 3.63) is 0 Å². The fraction of sp³-hybridized carbons (Fsp3) is 1.00. The topological polar surface area (TPSA) is 9.23 Å². The van der Waals surface area contributed by atoms with Gasteiger partial charge in [0.2, 0.25) is 0 Å². The largest absolute Gasteiger partial charge is 0.414 e. The third-order valence-electron chi connectivity index (χ3n) is 6.03. The fourth-order valence-corrected chi connectivity index (χ4v) is 5.07. The Morgan fingerprint density at radius 2 is 1.88 bits per heavy atom. The van der Waals surface area contributed by atoms with Crippen LogP contribution in [-0.2, 0) is 4.43 Å². The maximum Gasteiger partial charge on any atom is 0.186 e. The highest BCUT2D eigenvalue weighted by Gasteiger charge is 2.62. The molecule has 2 rings (SSSR count). The average Bonchev–Trinajstić information content (AvgIpc) is 2.50. The van der Waals surface area contributed by atoms with Crippen molar-refractivity contribution in [3.63, 3.8) is 0 Å². The van der Waals surface area contributed by atoms with Gasteiger partial charge in [0.05, 0.1) is 6.10 Å². The summed E-state index contributed by atoms with van der Waals surface area (Å²) < 4.78 is 6.56. The van der Waals surface area contributed by atoms with E-state index in [1.54, 1.807) is 0 Å². The van der Waals surface area contributed by atoms with Gasteiger partial charge in [-0.1, -0.05) is 27.7 Å². The molecule has 0 spiro atoms. The van der Waals surface area contributed by atoms with Gasteiger partial charge in [-0.25, -0.2) is 0 Å². The van der Waals surface area contributed by atoms with E-state index in [0.29, 0.717) is 16.9 Å². The van der Waals surface area contributed by atoms with Crippen molar-refractivity contribution in [3.8, 4) is 0 Å². The van der Waals surface area contributed by atoms with Crippen LogP contribution in [0.15, 0.2) is 0 Å². The molecule has 1 nitrogen and oxygen atoms in total. The van der Waals surface area contributed by atoms with Crippen LogP contribution in [0.1, 0.15) is 47.0 Å². The van der Waals surface area contributed by atoms with Crippen LogP contribution in [0.25, 0.3) is 0 Å². The van der Waals surface area contributed by atoms with Gasteiger partial charge in [-0.2, -0.15) is 0 Å². The molecule has 16 heavy (non-hydrogen) atoms. The standard InChI is InChI=1S/C14H28OSi/c1-7-16(5,6)15-12-10-11-8-9-14(12,4)13(11,2)3/h11-12H,7-10H2,1-6H3. The predicted molar refractivity (Wildman–Crippen MR) is 72.1 cm³/mol. The second kappa shape index (κ2) is 3.58. The van der Waals surface area contributed by atoms with Gasteiger partial charge >= 0.3 is 0 Å². The van der Waals surface area contributed by atoms with Crippen molar-refractivity contribution < 1.29 is 4.43 Å². The smallest absolute Gasteiger partial charge is 0.186 e.